The number of alkyl halides is 2. The molecule has 5 fully saturated rings. The number of Topliss-reactive ketones (excluding diaryl/α,β-unsaturated/α-hetero) is 1. The summed E-state index contributed by atoms with van der Waals surface area (Å²) in [5, 5.41) is 11.0. The van der Waals surface area contributed by atoms with Crippen molar-refractivity contribution in [2.45, 2.75) is 81.8 Å². The smallest absolute Gasteiger partial charge is 0.337 e. The molecule has 1 aliphatic carbocycles. The molecule has 1 aromatic rings. The van der Waals surface area contributed by atoms with E-state index in [1.54, 1.807) is 13.0 Å². The molecule has 1 saturated carbocycles. The van der Waals surface area contributed by atoms with Gasteiger partial charge in [-0.2, -0.15) is 8.78 Å². The number of carbonyl (C=O) groups excluding carboxylic acids is 1. The molecule has 1 unspecified atom stereocenters. The van der Waals surface area contributed by atoms with Gasteiger partial charge in [0.15, 0.2) is 18.0 Å². The third-order valence-corrected chi connectivity index (χ3v) is 8.00. The molecular formula is C23H28F2O6. The lowest BCUT2D eigenvalue weighted by atomic mass is 9.58. The van der Waals surface area contributed by atoms with Gasteiger partial charge in [0.25, 0.3) is 0 Å². The summed E-state index contributed by atoms with van der Waals surface area (Å²) in [4.78, 5) is 24.2. The van der Waals surface area contributed by atoms with Crippen LogP contribution < -0.4 is 0 Å². The number of hydrogen-bond donors (Lipinski definition) is 1. The molecule has 8 atom stereocenters. The quantitative estimate of drug-likeness (QED) is 0.568. The highest BCUT2D eigenvalue weighted by Gasteiger charge is 2.77. The minimum absolute atomic E-state index is 0.0342. The lowest BCUT2D eigenvalue weighted by Crippen LogP contribution is -2.64. The van der Waals surface area contributed by atoms with Gasteiger partial charge in [0.2, 0.25) is 11.6 Å². The van der Waals surface area contributed by atoms with E-state index in [0.29, 0.717) is 12.8 Å². The predicted octanol–water partition coefficient (Wildman–Crippen LogP) is 3.87. The molecule has 4 heterocycles. The summed E-state index contributed by atoms with van der Waals surface area (Å²) in [6, 6.07) is 7.27. The molecular weight excluding hydrogens is 410 g/mol. The Morgan fingerprint density at radius 3 is 2.55 bits per heavy atom. The molecule has 1 N–H and O–H groups in total. The first-order valence-corrected chi connectivity index (χ1v) is 10.9. The van der Waals surface area contributed by atoms with Crippen LogP contribution in [0.3, 0.4) is 0 Å². The maximum absolute atomic E-state index is 15.4. The van der Waals surface area contributed by atoms with Crippen LogP contribution in [0.25, 0.3) is 0 Å². The minimum Gasteiger partial charge on any atom is -0.383 e. The Morgan fingerprint density at radius 2 is 1.84 bits per heavy atom. The Labute approximate surface area is 179 Å². The van der Waals surface area contributed by atoms with Gasteiger partial charge >= 0.3 is 5.92 Å². The fourth-order valence-electron chi connectivity index (χ4n) is 6.27. The van der Waals surface area contributed by atoms with Gasteiger partial charge in [-0.25, -0.2) is 9.78 Å². The van der Waals surface area contributed by atoms with Crippen LogP contribution in [-0.2, 0) is 19.2 Å². The second kappa shape index (κ2) is 6.78. The molecule has 4 saturated heterocycles. The van der Waals surface area contributed by atoms with Crippen molar-refractivity contribution < 1.29 is 37.9 Å². The zero-order valence-electron chi connectivity index (χ0n) is 17.8. The van der Waals surface area contributed by atoms with E-state index in [1.165, 1.54) is 31.2 Å². The van der Waals surface area contributed by atoms with E-state index in [4.69, 9.17) is 19.2 Å². The van der Waals surface area contributed by atoms with E-state index in [1.807, 2.05) is 0 Å². The Balaban J connectivity index is 1.54. The number of fused-ring (bicyclic) bond motifs is 2. The first-order chi connectivity index (χ1) is 14.5. The molecule has 8 heteroatoms. The molecule has 0 aromatic heterocycles. The SMILES string of the molecule is C[C@@H]1CC[C@@H]2[C@]34OO[C@](C)(CC[C@@H]13)O[C@H]4O[C@@]2(C)C(O)C(F)(F)C(=O)c1ccccc1. The molecule has 0 radical (unpaired) electrons. The number of carbonyl (C=O) groups is 1. The number of ketones is 1. The highest BCUT2D eigenvalue weighted by atomic mass is 19.3. The number of hydrogen-bond acceptors (Lipinski definition) is 6. The second-order valence-electron chi connectivity index (χ2n) is 9.88. The highest BCUT2D eigenvalue weighted by molar-refractivity contribution is 6.01. The summed E-state index contributed by atoms with van der Waals surface area (Å²) in [6.07, 6.45) is -0.757. The van der Waals surface area contributed by atoms with Gasteiger partial charge in [0, 0.05) is 17.9 Å². The monoisotopic (exact) mass is 438 g/mol. The van der Waals surface area contributed by atoms with Crippen molar-refractivity contribution in [3.63, 3.8) is 0 Å². The molecule has 31 heavy (non-hydrogen) atoms. The number of aliphatic hydroxyl groups is 1. The Bertz CT molecular complexity index is 880. The van der Waals surface area contributed by atoms with Gasteiger partial charge in [-0.15, -0.1) is 0 Å². The van der Waals surface area contributed by atoms with Crippen molar-refractivity contribution in [2.75, 3.05) is 0 Å². The summed E-state index contributed by atoms with van der Waals surface area (Å²) in [5.74, 6) is -6.95. The molecule has 4 aliphatic heterocycles. The summed E-state index contributed by atoms with van der Waals surface area (Å²) in [7, 11) is 0. The van der Waals surface area contributed by atoms with Gasteiger partial charge in [-0.05, 0) is 44.9 Å². The predicted molar refractivity (Wildman–Crippen MR) is 104 cm³/mol. The molecule has 6 rings (SSSR count). The van der Waals surface area contributed by atoms with Crippen LogP contribution >= 0.6 is 0 Å². The van der Waals surface area contributed by atoms with Crippen molar-refractivity contribution in [3.05, 3.63) is 35.9 Å². The van der Waals surface area contributed by atoms with Crippen molar-refractivity contribution in [3.8, 4) is 0 Å². The first kappa shape index (κ1) is 21.4. The lowest BCUT2D eigenvalue weighted by Gasteiger charge is -2.51. The molecule has 1 spiro atoms. The zero-order valence-corrected chi connectivity index (χ0v) is 17.8. The molecule has 1 aromatic carbocycles. The number of aliphatic hydroxyl groups excluding tert-OH is 1. The molecule has 6 nitrogen and oxygen atoms in total. The van der Waals surface area contributed by atoms with Gasteiger partial charge in [0.05, 0.1) is 0 Å². The van der Waals surface area contributed by atoms with Gasteiger partial charge in [-0.1, -0.05) is 37.3 Å². The topological polar surface area (TPSA) is 74.2 Å². The fourth-order valence-corrected chi connectivity index (χ4v) is 6.27. The summed E-state index contributed by atoms with van der Waals surface area (Å²) in [6.45, 7) is 5.28. The third kappa shape index (κ3) is 2.82. The average molecular weight is 438 g/mol. The maximum Gasteiger partial charge on any atom is 0.337 e. The number of ether oxygens (including phenoxy) is 2. The molecule has 2 bridgehead atoms. The van der Waals surface area contributed by atoms with E-state index in [2.05, 4.69) is 6.92 Å². The Morgan fingerprint density at radius 1 is 1.13 bits per heavy atom. The zero-order chi connectivity index (χ0) is 22.2. The van der Waals surface area contributed by atoms with Crippen molar-refractivity contribution in [1.29, 1.82) is 0 Å². The van der Waals surface area contributed by atoms with E-state index in [-0.39, 0.29) is 17.4 Å². The van der Waals surface area contributed by atoms with Crippen LogP contribution in [0.2, 0.25) is 0 Å². The molecule has 5 aliphatic rings. The van der Waals surface area contributed by atoms with Crippen LogP contribution in [-0.4, -0.2) is 46.2 Å². The summed E-state index contributed by atoms with van der Waals surface area (Å²) in [5.41, 5.74) is -3.03. The summed E-state index contributed by atoms with van der Waals surface area (Å²) >= 11 is 0. The minimum atomic E-state index is -4.06. The van der Waals surface area contributed by atoms with Crippen molar-refractivity contribution >= 4 is 5.78 Å². The fraction of sp³-hybridized carbons (Fsp3) is 0.696. The van der Waals surface area contributed by atoms with Crippen LogP contribution in [0.15, 0.2) is 30.3 Å². The van der Waals surface area contributed by atoms with Crippen molar-refractivity contribution in [2.24, 2.45) is 17.8 Å². The van der Waals surface area contributed by atoms with Crippen LogP contribution in [0.4, 0.5) is 8.78 Å². The van der Waals surface area contributed by atoms with Crippen LogP contribution in [0.1, 0.15) is 56.8 Å². The molecule has 0 amide bonds. The largest absolute Gasteiger partial charge is 0.383 e. The standard InChI is InChI=1S/C23H28F2O6/c1-13-9-10-16-21(3,18(27)23(24,25)17(26)14-7-5-4-6-8-14)29-19-22(16)15(13)11-12-20(2,28-19)30-31-22/h4-8,13,15-16,18-19,27H,9-12H2,1-3H3/t13-,15+,16+,18?,19+,20-,21-,22-/m1/s1. The summed E-state index contributed by atoms with van der Waals surface area (Å²) < 4.78 is 43.0. The van der Waals surface area contributed by atoms with E-state index >= 15 is 8.78 Å². The number of rotatable bonds is 4. The number of halogens is 2. The second-order valence-corrected chi connectivity index (χ2v) is 9.88. The normalized spacial score (nSPS) is 45.1. The lowest BCUT2D eigenvalue weighted by molar-refractivity contribution is -0.541. The van der Waals surface area contributed by atoms with Crippen molar-refractivity contribution in [1.82, 2.24) is 0 Å². The van der Waals surface area contributed by atoms with Gasteiger partial charge in [0.1, 0.15) is 5.60 Å². The highest BCUT2D eigenvalue weighted by Crippen LogP contribution is 2.64. The Hall–Kier alpha value is -1.45. The van der Waals surface area contributed by atoms with Gasteiger partial charge in [-0.3, -0.25) is 4.79 Å². The van der Waals surface area contributed by atoms with E-state index < -0.39 is 47.0 Å². The van der Waals surface area contributed by atoms with Crippen LogP contribution in [0, 0.1) is 17.8 Å². The van der Waals surface area contributed by atoms with E-state index in [0.717, 1.165) is 12.8 Å². The number of benzene rings is 1. The van der Waals surface area contributed by atoms with Gasteiger partial charge < -0.3 is 14.6 Å². The Kier molecular flexibility index (Phi) is 4.68. The average Bonchev–Trinajstić information content (AvgIpc) is 2.83. The first-order valence-electron chi connectivity index (χ1n) is 10.9. The van der Waals surface area contributed by atoms with E-state index in [9.17, 15) is 9.90 Å². The molecule has 170 valence electrons. The maximum atomic E-state index is 15.4. The third-order valence-electron chi connectivity index (χ3n) is 8.00. The van der Waals surface area contributed by atoms with Crippen LogP contribution in [0.5, 0.6) is 0 Å².